The first-order valence-corrected chi connectivity index (χ1v) is 7.09. The highest BCUT2D eigenvalue weighted by molar-refractivity contribution is 7.98. The topological polar surface area (TPSA) is 26.0 Å². The van der Waals surface area contributed by atoms with Crippen LogP contribution in [-0.4, -0.2) is 0 Å². The van der Waals surface area contributed by atoms with Crippen LogP contribution in [0.25, 0.3) is 0 Å². The molecule has 2 aromatic carbocycles. The summed E-state index contributed by atoms with van der Waals surface area (Å²) in [5.41, 5.74) is 11.9. The van der Waals surface area contributed by atoms with Gasteiger partial charge in [-0.15, -0.1) is 11.8 Å². The molecule has 2 rings (SSSR count). The van der Waals surface area contributed by atoms with Gasteiger partial charge in [0.15, 0.2) is 0 Å². The molecule has 0 aliphatic heterocycles. The predicted octanol–water partition coefficient (Wildman–Crippen LogP) is 4.49. The van der Waals surface area contributed by atoms with Crippen molar-refractivity contribution in [3.63, 3.8) is 0 Å². The number of nitrogens with two attached hydrogens (primary N) is 1. The Labute approximate surface area is 113 Å². The third-order valence-corrected chi connectivity index (χ3v) is 4.12. The molecule has 0 aromatic heterocycles. The standard InChI is InChI=1S/C16H19NS/c1-11-6-12(2)8-14(7-11)10-18-16-5-4-15(17)9-13(16)3/h4-9H,10,17H2,1-3H3. The van der Waals surface area contributed by atoms with E-state index in [0.29, 0.717) is 0 Å². The molecule has 0 amide bonds. The summed E-state index contributed by atoms with van der Waals surface area (Å²) < 4.78 is 0. The van der Waals surface area contributed by atoms with Crippen LogP contribution in [0, 0.1) is 20.8 Å². The van der Waals surface area contributed by atoms with Crippen molar-refractivity contribution in [3.8, 4) is 0 Å². The van der Waals surface area contributed by atoms with Crippen molar-refractivity contribution in [1.82, 2.24) is 0 Å². The number of benzene rings is 2. The zero-order valence-electron chi connectivity index (χ0n) is 11.2. The Kier molecular flexibility index (Phi) is 3.97. The fraction of sp³-hybridized carbons (Fsp3) is 0.250. The third-order valence-electron chi connectivity index (χ3n) is 2.87. The smallest absolute Gasteiger partial charge is 0.0317 e. The molecular formula is C16H19NS. The summed E-state index contributed by atoms with van der Waals surface area (Å²) >= 11 is 1.87. The Morgan fingerprint density at radius 2 is 1.61 bits per heavy atom. The van der Waals surface area contributed by atoms with E-state index in [-0.39, 0.29) is 0 Å². The molecule has 0 aliphatic carbocycles. The van der Waals surface area contributed by atoms with E-state index in [4.69, 9.17) is 5.73 Å². The van der Waals surface area contributed by atoms with Crippen LogP contribution in [0.3, 0.4) is 0 Å². The Morgan fingerprint density at radius 1 is 0.944 bits per heavy atom. The zero-order valence-corrected chi connectivity index (χ0v) is 12.0. The number of hydrogen-bond acceptors (Lipinski definition) is 2. The molecule has 2 heteroatoms. The van der Waals surface area contributed by atoms with Gasteiger partial charge in [0.25, 0.3) is 0 Å². The van der Waals surface area contributed by atoms with Crippen LogP contribution >= 0.6 is 11.8 Å². The quantitative estimate of drug-likeness (QED) is 0.648. The van der Waals surface area contributed by atoms with Crippen molar-refractivity contribution in [1.29, 1.82) is 0 Å². The van der Waals surface area contributed by atoms with Gasteiger partial charge in [-0.1, -0.05) is 29.3 Å². The summed E-state index contributed by atoms with van der Waals surface area (Å²) in [6.07, 6.45) is 0. The summed E-state index contributed by atoms with van der Waals surface area (Å²) in [6.45, 7) is 6.41. The molecule has 0 atom stereocenters. The average molecular weight is 257 g/mol. The molecule has 0 radical (unpaired) electrons. The predicted molar refractivity (Wildman–Crippen MR) is 81.1 cm³/mol. The molecule has 1 nitrogen and oxygen atoms in total. The number of aryl methyl sites for hydroxylation is 3. The minimum absolute atomic E-state index is 0.836. The van der Waals surface area contributed by atoms with Crippen molar-refractivity contribution in [2.24, 2.45) is 0 Å². The van der Waals surface area contributed by atoms with E-state index in [1.807, 2.05) is 23.9 Å². The van der Waals surface area contributed by atoms with Gasteiger partial charge in [-0.3, -0.25) is 0 Å². The Hall–Kier alpha value is -1.41. The lowest BCUT2D eigenvalue weighted by Crippen LogP contribution is -1.89. The van der Waals surface area contributed by atoms with Gasteiger partial charge >= 0.3 is 0 Å². The van der Waals surface area contributed by atoms with Crippen LogP contribution in [0.15, 0.2) is 41.3 Å². The third kappa shape index (κ3) is 3.30. The fourth-order valence-corrected chi connectivity index (χ4v) is 3.09. The number of thioether (sulfide) groups is 1. The first-order chi connectivity index (χ1) is 8.54. The summed E-state index contributed by atoms with van der Waals surface area (Å²) in [6, 6.07) is 12.8. The van der Waals surface area contributed by atoms with Crippen molar-refractivity contribution in [3.05, 3.63) is 58.7 Å². The molecule has 0 bridgehead atoms. The van der Waals surface area contributed by atoms with E-state index < -0.39 is 0 Å². The number of nitrogen functional groups attached to an aromatic ring is 1. The summed E-state index contributed by atoms with van der Waals surface area (Å²) in [7, 11) is 0. The minimum atomic E-state index is 0.836. The SMILES string of the molecule is Cc1cc(C)cc(CSc2ccc(N)cc2C)c1. The highest BCUT2D eigenvalue weighted by Crippen LogP contribution is 2.27. The van der Waals surface area contributed by atoms with Crippen molar-refractivity contribution < 1.29 is 0 Å². The molecule has 18 heavy (non-hydrogen) atoms. The lowest BCUT2D eigenvalue weighted by Gasteiger charge is -2.08. The van der Waals surface area contributed by atoms with Crippen LogP contribution in [0.2, 0.25) is 0 Å². The second kappa shape index (κ2) is 5.49. The summed E-state index contributed by atoms with van der Waals surface area (Å²) in [5, 5.41) is 0. The molecule has 0 saturated heterocycles. The second-order valence-electron chi connectivity index (χ2n) is 4.81. The van der Waals surface area contributed by atoms with Gasteiger partial charge < -0.3 is 5.73 Å². The van der Waals surface area contributed by atoms with Gasteiger partial charge in [-0.05, 0) is 50.1 Å². The van der Waals surface area contributed by atoms with E-state index in [9.17, 15) is 0 Å². The molecule has 0 fully saturated rings. The molecule has 0 saturated carbocycles. The molecule has 94 valence electrons. The van der Waals surface area contributed by atoms with Gasteiger partial charge in [0.1, 0.15) is 0 Å². The van der Waals surface area contributed by atoms with Gasteiger partial charge in [-0.2, -0.15) is 0 Å². The maximum absolute atomic E-state index is 5.77. The largest absolute Gasteiger partial charge is 0.399 e. The Balaban J connectivity index is 2.11. The number of hydrogen-bond donors (Lipinski definition) is 1. The van der Waals surface area contributed by atoms with E-state index in [1.165, 1.54) is 27.1 Å². The van der Waals surface area contributed by atoms with E-state index in [1.54, 1.807) is 0 Å². The Morgan fingerprint density at radius 3 is 2.22 bits per heavy atom. The Bertz CT molecular complexity index is 541. The monoisotopic (exact) mass is 257 g/mol. The maximum Gasteiger partial charge on any atom is 0.0317 e. The van der Waals surface area contributed by atoms with Crippen LogP contribution in [0.5, 0.6) is 0 Å². The first-order valence-electron chi connectivity index (χ1n) is 6.11. The van der Waals surface area contributed by atoms with Crippen LogP contribution in [0.4, 0.5) is 5.69 Å². The van der Waals surface area contributed by atoms with Crippen LogP contribution in [-0.2, 0) is 5.75 Å². The summed E-state index contributed by atoms with van der Waals surface area (Å²) in [4.78, 5) is 1.31. The van der Waals surface area contributed by atoms with Crippen molar-refractivity contribution in [2.45, 2.75) is 31.4 Å². The normalized spacial score (nSPS) is 10.6. The van der Waals surface area contributed by atoms with Crippen molar-refractivity contribution >= 4 is 17.4 Å². The molecule has 0 spiro atoms. The summed E-state index contributed by atoms with van der Waals surface area (Å²) in [5.74, 6) is 1.01. The molecule has 0 unspecified atom stereocenters. The molecule has 0 aliphatic rings. The lowest BCUT2D eigenvalue weighted by molar-refractivity contribution is 1.27. The highest BCUT2D eigenvalue weighted by atomic mass is 32.2. The zero-order chi connectivity index (χ0) is 13.1. The maximum atomic E-state index is 5.77. The molecular weight excluding hydrogens is 238 g/mol. The average Bonchev–Trinajstić information content (AvgIpc) is 2.26. The molecule has 2 N–H and O–H groups in total. The number of rotatable bonds is 3. The lowest BCUT2D eigenvalue weighted by atomic mass is 10.1. The van der Waals surface area contributed by atoms with Gasteiger partial charge in [0.05, 0.1) is 0 Å². The van der Waals surface area contributed by atoms with E-state index >= 15 is 0 Å². The minimum Gasteiger partial charge on any atom is -0.399 e. The van der Waals surface area contributed by atoms with Gasteiger partial charge in [0, 0.05) is 16.3 Å². The van der Waals surface area contributed by atoms with Gasteiger partial charge in [0.2, 0.25) is 0 Å². The fourth-order valence-electron chi connectivity index (χ4n) is 2.15. The van der Waals surface area contributed by atoms with E-state index in [2.05, 4.69) is 45.0 Å². The first kappa shape index (κ1) is 13.0. The van der Waals surface area contributed by atoms with Crippen molar-refractivity contribution in [2.75, 3.05) is 5.73 Å². The van der Waals surface area contributed by atoms with Crippen LogP contribution in [0.1, 0.15) is 22.3 Å². The number of anilines is 1. The molecule has 0 heterocycles. The highest BCUT2D eigenvalue weighted by Gasteiger charge is 2.02. The van der Waals surface area contributed by atoms with Gasteiger partial charge in [-0.25, -0.2) is 0 Å². The molecule has 2 aromatic rings. The van der Waals surface area contributed by atoms with Crippen LogP contribution < -0.4 is 5.73 Å². The van der Waals surface area contributed by atoms with E-state index in [0.717, 1.165) is 11.4 Å². The second-order valence-corrected chi connectivity index (χ2v) is 5.83.